The lowest BCUT2D eigenvalue weighted by Crippen LogP contribution is -2.49. The second-order valence-electron chi connectivity index (χ2n) is 7.09. The Morgan fingerprint density at radius 2 is 1.40 bits per heavy atom. The number of nitrogens with zero attached hydrogens (tertiary/aromatic N) is 1. The van der Waals surface area contributed by atoms with Crippen LogP contribution >= 0.6 is 12.2 Å². The second kappa shape index (κ2) is 7.54. The minimum atomic E-state index is 0.528. The van der Waals surface area contributed by atoms with E-state index in [1.54, 1.807) is 0 Å². The molecule has 1 aliphatic carbocycles. The maximum Gasteiger partial charge on any atom is 0.181 e. The van der Waals surface area contributed by atoms with Crippen molar-refractivity contribution in [1.82, 2.24) is 15.8 Å². The van der Waals surface area contributed by atoms with Crippen molar-refractivity contribution < 1.29 is 0 Å². The van der Waals surface area contributed by atoms with E-state index in [0.717, 1.165) is 18.2 Å². The number of thiocarbonyl (C=S) groups is 1. The fourth-order valence-electron chi connectivity index (χ4n) is 4.00. The molecule has 0 saturated heterocycles. The highest BCUT2D eigenvalue weighted by Crippen LogP contribution is 2.31. The van der Waals surface area contributed by atoms with Gasteiger partial charge >= 0.3 is 0 Å². The molecule has 1 saturated carbocycles. The van der Waals surface area contributed by atoms with E-state index in [2.05, 4.69) is 64.3 Å². The van der Waals surface area contributed by atoms with Crippen molar-refractivity contribution in [1.29, 1.82) is 0 Å². The minimum absolute atomic E-state index is 0.528. The van der Waals surface area contributed by atoms with Gasteiger partial charge in [0.2, 0.25) is 0 Å². The van der Waals surface area contributed by atoms with E-state index < -0.39 is 0 Å². The van der Waals surface area contributed by atoms with Crippen molar-refractivity contribution in [3.63, 3.8) is 0 Å². The van der Waals surface area contributed by atoms with Crippen molar-refractivity contribution in [2.24, 2.45) is 0 Å². The molecule has 3 nitrogen and oxygen atoms in total. The van der Waals surface area contributed by atoms with Crippen LogP contribution in [0, 0.1) is 0 Å². The summed E-state index contributed by atoms with van der Waals surface area (Å²) in [6.45, 7) is 1.69. The van der Waals surface area contributed by atoms with Crippen LogP contribution in [-0.4, -0.2) is 16.2 Å². The van der Waals surface area contributed by atoms with E-state index >= 15 is 0 Å². The molecule has 2 aromatic carbocycles. The van der Waals surface area contributed by atoms with Crippen LogP contribution in [0.4, 0.5) is 0 Å². The zero-order valence-electron chi connectivity index (χ0n) is 14.5. The van der Waals surface area contributed by atoms with E-state index in [0.29, 0.717) is 6.04 Å². The number of hydrogen-bond acceptors (Lipinski definition) is 2. The Labute approximate surface area is 155 Å². The smallest absolute Gasteiger partial charge is 0.181 e. The molecule has 2 aliphatic rings. The molecule has 0 bridgehead atoms. The minimum Gasteiger partial charge on any atom is -0.359 e. The van der Waals surface area contributed by atoms with Gasteiger partial charge in [-0.1, -0.05) is 67.8 Å². The SMILES string of the molecule is S=C(NC1CCCCC1)NN1Cc2ccccc2-c2ccccc2C1. The Bertz CT molecular complexity index is 705. The van der Waals surface area contributed by atoms with E-state index in [9.17, 15) is 0 Å². The molecule has 1 aliphatic heterocycles. The van der Waals surface area contributed by atoms with E-state index in [4.69, 9.17) is 12.2 Å². The molecule has 0 atom stereocenters. The van der Waals surface area contributed by atoms with Crippen molar-refractivity contribution in [3.05, 3.63) is 59.7 Å². The fourth-order valence-corrected chi connectivity index (χ4v) is 4.29. The highest BCUT2D eigenvalue weighted by molar-refractivity contribution is 7.80. The number of hydrogen-bond donors (Lipinski definition) is 2. The molecular formula is C21H25N3S. The van der Waals surface area contributed by atoms with Gasteiger partial charge < -0.3 is 5.32 Å². The molecule has 4 rings (SSSR count). The summed E-state index contributed by atoms with van der Waals surface area (Å²) in [6.07, 6.45) is 6.44. The average Bonchev–Trinajstić information content (AvgIpc) is 2.78. The fraction of sp³-hybridized carbons (Fsp3) is 0.381. The van der Waals surface area contributed by atoms with Gasteiger partial charge in [-0.05, 0) is 47.3 Å². The van der Waals surface area contributed by atoms with E-state index in [-0.39, 0.29) is 0 Å². The Morgan fingerprint density at radius 1 is 0.840 bits per heavy atom. The molecule has 0 amide bonds. The van der Waals surface area contributed by atoms with Crippen LogP contribution in [0.5, 0.6) is 0 Å². The lowest BCUT2D eigenvalue weighted by Gasteiger charge is -2.28. The molecule has 0 unspecified atom stereocenters. The third kappa shape index (κ3) is 3.86. The summed E-state index contributed by atoms with van der Waals surface area (Å²) in [7, 11) is 0. The number of benzene rings is 2. The third-order valence-electron chi connectivity index (χ3n) is 5.25. The molecule has 0 radical (unpaired) electrons. The van der Waals surface area contributed by atoms with Gasteiger partial charge in [0, 0.05) is 19.1 Å². The molecule has 2 N–H and O–H groups in total. The maximum absolute atomic E-state index is 5.59. The highest BCUT2D eigenvalue weighted by atomic mass is 32.1. The van der Waals surface area contributed by atoms with Crippen LogP contribution in [0.25, 0.3) is 11.1 Å². The van der Waals surface area contributed by atoms with Crippen molar-refractivity contribution in [2.75, 3.05) is 0 Å². The predicted octanol–water partition coefficient (Wildman–Crippen LogP) is 4.38. The molecule has 0 spiro atoms. The summed E-state index contributed by atoms with van der Waals surface area (Å²) in [6, 6.07) is 17.9. The van der Waals surface area contributed by atoms with Crippen LogP contribution in [0.1, 0.15) is 43.2 Å². The molecule has 4 heteroatoms. The number of hydrazine groups is 1. The first kappa shape index (κ1) is 16.6. The first-order chi connectivity index (χ1) is 12.3. The number of fused-ring (bicyclic) bond motifs is 3. The molecule has 130 valence electrons. The molecule has 1 fully saturated rings. The largest absolute Gasteiger partial charge is 0.359 e. The Kier molecular flexibility index (Phi) is 4.99. The van der Waals surface area contributed by atoms with Crippen LogP contribution < -0.4 is 10.7 Å². The molecule has 25 heavy (non-hydrogen) atoms. The lowest BCUT2D eigenvalue weighted by atomic mass is 9.96. The summed E-state index contributed by atoms with van der Waals surface area (Å²) in [5.74, 6) is 0. The molecule has 2 aromatic rings. The van der Waals surface area contributed by atoms with Gasteiger partial charge in [-0.3, -0.25) is 5.43 Å². The van der Waals surface area contributed by atoms with Gasteiger partial charge in [-0.25, -0.2) is 5.01 Å². The second-order valence-corrected chi connectivity index (χ2v) is 7.50. The first-order valence-electron chi connectivity index (χ1n) is 9.28. The summed E-state index contributed by atoms with van der Waals surface area (Å²) in [4.78, 5) is 0. The Balaban J connectivity index is 1.51. The highest BCUT2D eigenvalue weighted by Gasteiger charge is 2.20. The van der Waals surface area contributed by atoms with Crippen molar-refractivity contribution >= 4 is 17.3 Å². The normalized spacial score (nSPS) is 17.9. The van der Waals surface area contributed by atoms with Crippen molar-refractivity contribution in [3.8, 4) is 11.1 Å². The topological polar surface area (TPSA) is 27.3 Å². The first-order valence-corrected chi connectivity index (χ1v) is 9.69. The van der Waals surface area contributed by atoms with Gasteiger partial charge in [0.1, 0.15) is 0 Å². The quantitative estimate of drug-likeness (QED) is 0.785. The van der Waals surface area contributed by atoms with Gasteiger partial charge in [-0.15, -0.1) is 0 Å². The average molecular weight is 352 g/mol. The molecule has 1 heterocycles. The standard InChI is InChI=1S/C21H25N3S/c25-21(22-18-10-2-1-3-11-18)23-24-14-16-8-4-6-12-19(16)20-13-7-5-9-17(20)15-24/h4-9,12-13,18H,1-3,10-11,14-15H2,(H2,22,23,25). The van der Waals surface area contributed by atoms with E-state index in [1.807, 2.05) is 0 Å². The van der Waals surface area contributed by atoms with Gasteiger partial charge in [-0.2, -0.15) is 0 Å². The monoisotopic (exact) mass is 351 g/mol. The summed E-state index contributed by atoms with van der Waals surface area (Å²) >= 11 is 5.59. The van der Waals surface area contributed by atoms with E-state index in [1.165, 1.54) is 54.4 Å². The molecular weight excluding hydrogens is 326 g/mol. The zero-order valence-corrected chi connectivity index (χ0v) is 15.3. The van der Waals surface area contributed by atoms with Gasteiger partial charge in [0.05, 0.1) is 0 Å². The Hall–Kier alpha value is -1.91. The van der Waals surface area contributed by atoms with Gasteiger partial charge in [0.15, 0.2) is 5.11 Å². The summed E-state index contributed by atoms with van der Waals surface area (Å²) < 4.78 is 0. The maximum atomic E-state index is 5.59. The van der Waals surface area contributed by atoms with Gasteiger partial charge in [0.25, 0.3) is 0 Å². The van der Waals surface area contributed by atoms with Crippen LogP contribution in [-0.2, 0) is 13.1 Å². The third-order valence-corrected chi connectivity index (χ3v) is 5.46. The van der Waals surface area contributed by atoms with Crippen LogP contribution in [0.2, 0.25) is 0 Å². The predicted molar refractivity (Wildman–Crippen MR) is 107 cm³/mol. The summed E-state index contributed by atoms with van der Waals surface area (Å²) in [5, 5.41) is 6.49. The number of nitrogens with one attached hydrogen (secondary N) is 2. The van der Waals surface area contributed by atoms with Crippen molar-refractivity contribution in [2.45, 2.75) is 51.2 Å². The number of rotatable bonds is 2. The van der Waals surface area contributed by atoms with Crippen LogP contribution in [0.15, 0.2) is 48.5 Å². The lowest BCUT2D eigenvalue weighted by molar-refractivity contribution is 0.216. The summed E-state index contributed by atoms with van der Waals surface area (Å²) in [5.41, 5.74) is 8.76. The van der Waals surface area contributed by atoms with Crippen LogP contribution in [0.3, 0.4) is 0 Å². The molecule has 0 aromatic heterocycles. The Morgan fingerprint density at radius 3 is 2.00 bits per heavy atom. The zero-order chi connectivity index (χ0) is 17.1.